The highest BCUT2D eigenvalue weighted by atomic mass is 79.9. The summed E-state index contributed by atoms with van der Waals surface area (Å²) in [4.78, 5) is 0. The monoisotopic (exact) mass is 357 g/mol. The summed E-state index contributed by atoms with van der Waals surface area (Å²) in [5, 5.41) is 3.57. The molecule has 0 unspecified atom stereocenters. The minimum atomic E-state index is -0.275. The van der Waals surface area contributed by atoms with E-state index < -0.39 is 0 Å². The van der Waals surface area contributed by atoms with E-state index >= 15 is 0 Å². The van der Waals surface area contributed by atoms with Gasteiger partial charge in [-0.2, -0.15) is 0 Å². The van der Waals surface area contributed by atoms with Gasteiger partial charge in [-0.1, -0.05) is 13.8 Å². The molecular weight excluding hydrogens is 333 g/mol. The molecular formula is C17H25BrFNO. The van der Waals surface area contributed by atoms with Crippen LogP contribution in [-0.4, -0.2) is 19.7 Å². The molecule has 0 radical (unpaired) electrons. The van der Waals surface area contributed by atoms with E-state index in [-0.39, 0.29) is 11.2 Å². The van der Waals surface area contributed by atoms with Crippen molar-refractivity contribution in [3.05, 3.63) is 28.0 Å². The number of hydrogen-bond acceptors (Lipinski definition) is 2. The first-order valence-corrected chi connectivity index (χ1v) is 8.46. The van der Waals surface area contributed by atoms with Gasteiger partial charge in [-0.05, 0) is 71.6 Å². The lowest BCUT2D eigenvalue weighted by atomic mass is 9.83. The van der Waals surface area contributed by atoms with Crippen LogP contribution in [0, 0.1) is 11.2 Å². The van der Waals surface area contributed by atoms with Crippen molar-refractivity contribution < 1.29 is 9.13 Å². The molecule has 1 aromatic carbocycles. The van der Waals surface area contributed by atoms with Crippen LogP contribution < -0.4 is 10.1 Å². The maximum absolute atomic E-state index is 13.5. The van der Waals surface area contributed by atoms with Crippen molar-refractivity contribution in [1.82, 2.24) is 5.32 Å². The summed E-state index contributed by atoms with van der Waals surface area (Å²) in [5.74, 6) is 0.367. The van der Waals surface area contributed by atoms with Gasteiger partial charge in [-0.15, -0.1) is 0 Å². The molecule has 1 saturated carbocycles. The zero-order valence-corrected chi connectivity index (χ0v) is 14.7. The molecule has 0 heterocycles. The lowest BCUT2D eigenvalue weighted by Crippen LogP contribution is -2.24. The average Bonchev–Trinajstić information content (AvgIpc) is 3.23. The normalized spacial score (nSPS) is 15.3. The average molecular weight is 358 g/mol. The first kappa shape index (κ1) is 16.8. The van der Waals surface area contributed by atoms with Gasteiger partial charge in [0.15, 0.2) is 0 Å². The molecule has 1 N–H and O–H groups in total. The largest absolute Gasteiger partial charge is 0.496 e. The Morgan fingerprint density at radius 3 is 2.67 bits per heavy atom. The zero-order valence-electron chi connectivity index (χ0n) is 13.1. The van der Waals surface area contributed by atoms with E-state index in [1.807, 2.05) is 6.07 Å². The Morgan fingerprint density at radius 2 is 2.05 bits per heavy atom. The van der Waals surface area contributed by atoms with Crippen LogP contribution in [0.15, 0.2) is 16.6 Å². The highest BCUT2D eigenvalue weighted by Crippen LogP contribution is 2.32. The third-order valence-corrected chi connectivity index (χ3v) is 4.81. The molecule has 1 aliphatic carbocycles. The highest BCUT2D eigenvalue weighted by Gasteiger charge is 2.23. The van der Waals surface area contributed by atoms with Crippen molar-refractivity contribution in [3.63, 3.8) is 0 Å². The van der Waals surface area contributed by atoms with Crippen LogP contribution in [0.4, 0.5) is 4.39 Å². The third kappa shape index (κ3) is 5.26. The van der Waals surface area contributed by atoms with E-state index in [4.69, 9.17) is 4.74 Å². The van der Waals surface area contributed by atoms with Gasteiger partial charge in [0, 0.05) is 12.1 Å². The van der Waals surface area contributed by atoms with Crippen molar-refractivity contribution >= 4 is 15.9 Å². The van der Waals surface area contributed by atoms with Crippen molar-refractivity contribution in [2.45, 2.75) is 52.0 Å². The van der Waals surface area contributed by atoms with E-state index in [1.54, 1.807) is 7.11 Å². The second-order valence-corrected chi connectivity index (χ2v) is 7.58. The minimum absolute atomic E-state index is 0.272. The highest BCUT2D eigenvalue weighted by molar-refractivity contribution is 9.10. The van der Waals surface area contributed by atoms with Crippen molar-refractivity contribution in [2.24, 2.45) is 5.41 Å². The molecule has 2 rings (SSSR count). The molecule has 4 heteroatoms. The molecule has 1 fully saturated rings. The molecule has 21 heavy (non-hydrogen) atoms. The summed E-state index contributed by atoms with van der Waals surface area (Å²) in [6.45, 7) is 5.68. The standard InChI is InChI=1S/C17H25BrFNO/c1-17(2,8-9-20-13-4-5-13)7-6-12-10-14(18)15(19)11-16(12)21-3/h10-11,13,20H,4-9H2,1-3H3. The predicted molar refractivity (Wildman–Crippen MR) is 88.4 cm³/mol. The lowest BCUT2D eigenvalue weighted by molar-refractivity contribution is 0.299. The fourth-order valence-electron chi connectivity index (χ4n) is 2.46. The maximum Gasteiger partial charge on any atom is 0.141 e. The van der Waals surface area contributed by atoms with Gasteiger partial charge in [-0.3, -0.25) is 0 Å². The van der Waals surface area contributed by atoms with Gasteiger partial charge in [0.25, 0.3) is 0 Å². The third-order valence-electron chi connectivity index (χ3n) is 4.21. The van der Waals surface area contributed by atoms with Gasteiger partial charge in [0.05, 0.1) is 11.6 Å². The Morgan fingerprint density at radius 1 is 1.33 bits per heavy atom. The number of rotatable bonds is 8. The molecule has 0 bridgehead atoms. The lowest BCUT2D eigenvalue weighted by Gasteiger charge is -2.25. The molecule has 0 atom stereocenters. The second-order valence-electron chi connectivity index (χ2n) is 6.72. The molecule has 118 valence electrons. The van der Waals surface area contributed by atoms with E-state index in [0.29, 0.717) is 10.2 Å². The second kappa shape index (κ2) is 7.10. The van der Waals surface area contributed by atoms with Crippen molar-refractivity contribution in [3.8, 4) is 5.75 Å². The molecule has 1 aliphatic rings. The van der Waals surface area contributed by atoms with Crippen molar-refractivity contribution in [2.75, 3.05) is 13.7 Å². The van der Waals surface area contributed by atoms with E-state index in [1.165, 1.54) is 18.9 Å². The van der Waals surface area contributed by atoms with Gasteiger partial charge in [0.1, 0.15) is 11.6 Å². The number of halogens is 2. The predicted octanol–water partition coefficient (Wildman–Crippen LogP) is 4.70. The SMILES string of the molecule is COc1cc(F)c(Br)cc1CCC(C)(C)CCNC1CC1. The van der Waals surface area contributed by atoms with E-state index in [0.717, 1.165) is 37.4 Å². The van der Waals surface area contributed by atoms with Gasteiger partial charge < -0.3 is 10.1 Å². The molecule has 2 nitrogen and oxygen atoms in total. The molecule has 1 aromatic rings. The number of hydrogen-bond donors (Lipinski definition) is 1. The van der Waals surface area contributed by atoms with Gasteiger partial charge >= 0.3 is 0 Å². The Labute approximate surface area is 135 Å². The molecule has 0 amide bonds. The summed E-state index contributed by atoms with van der Waals surface area (Å²) < 4.78 is 19.3. The van der Waals surface area contributed by atoms with Crippen molar-refractivity contribution in [1.29, 1.82) is 0 Å². The topological polar surface area (TPSA) is 21.3 Å². The zero-order chi connectivity index (χ0) is 15.5. The maximum atomic E-state index is 13.5. The van der Waals surface area contributed by atoms with Crippen LogP contribution in [0.3, 0.4) is 0 Å². The summed E-state index contributed by atoms with van der Waals surface area (Å²) in [5.41, 5.74) is 1.34. The van der Waals surface area contributed by atoms with Crippen LogP contribution in [0.25, 0.3) is 0 Å². The number of benzene rings is 1. The van der Waals surface area contributed by atoms with E-state index in [9.17, 15) is 4.39 Å². The number of methoxy groups -OCH3 is 1. The Kier molecular flexibility index (Phi) is 5.67. The Balaban J connectivity index is 1.89. The first-order valence-electron chi connectivity index (χ1n) is 7.66. The van der Waals surface area contributed by atoms with E-state index in [2.05, 4.69) is 35.1 Å². The van der Waals surface area contributed by atoms with Crippen LogP contribution in [0.2, 0.25) is 0 Å². The Bertz CT molecular complexity index is 486. The molecule has 0 aromatic heterocycles. The van der Waals surface area contributed by atoms with Crippen LogP contribution >= 0.6 is 15.9 Å². The fourth-order valence-corrected chi connectivity index (χ4v) is 2.85. The quantitative estimate of drug-likeness (QED) is 0.728. The smallest absolute Gasteiger partial charge is 0.141 e. The first-order chi connectivity index (χ1) is 9.91. The summed E-state index contributed by atoms with van der Waals surface area (Å²) >= 11 is 3.25. The summed E-state index contributed by atoms with van der Waals surface area (Å²) in [7, 11) is 1.59. The number of aryl methyl sites for hydroxylation is 1. The minimum Gasteiger partial charge on any atom is -0.496 e. The summed E-state index contributed by atoms with van der Waals surface area (Å²) in [6.07, 6.45) is 5.79. The summed E-state index contributed by atoms with van der Waals surface area (Å²) in [6, 6.07) is 4.07. The Hall–Kier alpha value is -0.610. The van der Waals surface area contributed by atoms with Crippen LogP contribution in [0.1, 0.15) is 45.1 Å². The molecule has 0 saturated heterocycles. The number of nitrogens with one attached hydrogen (secondary N) is 1. The van der Waals surface area contributed by atoms with Gasteiger partial charge in [-0.25, -0.2) is 4.39 Å². The fraction of sp³-hybridized carbons (Fsp3) is 0.647. The van der Waals surface area contributed by atoms with Crippen LogP contribution in [0.5, 0.6) is 5.75 Å². The number of ether oxygens (including phenoxy) is 1. The van der Waals surface area contributed by atoms with Crippen LogP contribution in [-0.2, 0) is 6.42 Å². The molecule has 0 aliphatic heterocycles. The molecule has 0 spiro atoms. The van der Waals surface area contributed by atoms with Gasteiger partial charge in [0.2, 0.25) is 0 Å².